The van der Waals surface area contributed by atoms with Crippen molar-refractivity contribution in [3.05, 3.63) is 30.4 Å². The van der Waals surface area contributed by atoms with Crippen LogP contribution in [0.5, 0.6) is 0 Å². The van der Waals surface area contributed by atoms with E-state index in [2.05, 4.69) is 32.0 Å². The van der Waals surface area contributed by atoms with Gasteiger partial charge in [0.15, 0.2) is 0 Å². The summed E-state index contributed by atoms with van der Waals surface area (Å²) in [7, 11) is 2.26. The molecule has 2 aliphatic rings. The smallest absolute Gasteiger partial charge is 0.241 e. The molecule has 2 fully saturated rings. The summed E-state index contributed by atoms with van der Waals surface area (Å²) in [6.07, 6.45) is 7.39. The molecule has 0 aromatic carbocycles. The van der Waals surface area contributed by atoms with E-state index in [0.29, 0.717) is 17.8 Å². The fourth-order valence-corrected chi connectivity index (χ4v) is 3.65. The molecule has 0 radical (unpaired) electrons. The third-order valence-electron chi connectivity index (χ3n) is 4.98. The molecule has 2 bridgehead atoms. The lowest BCUT2D eigenvalue weighted by Gasteiger charge is -2.24. The van der Waals surface area contributed by atoms with Gasteiger partial charge in [0, 0.05) is 43.1 Å². The van der Waals surface area contributed by atoms with Crippen molar-refractivity contribution in [2.24, 2.45) is 0 Å². The van der Waals surface area contributed by atoms with Crippen LogP contribution >= 0.6 is 0 Å². The number of nitrogens with zero attached hydrogens (tertiary/aromatic N) is 5. The lowest BCUT2D eigenvalue weighted by molar-refractivity contribution is 0.196. The van der Waals surface area contributed by atoms with E-state index in [9.17, 15) is 0 Å². The van der Waals surface area contributed by atoms with Crippen LogP contribution in [0.25, 0.3) is 11.4 Å². The Morgan fingerprint density at radius 1 is 1.27 bits per heavy atom. The Morgan fingerprint density at radius 2 is 2.18 bits per heavy atom. The summed E-state index contributed by atoms with van der Waals surface area (Å²) in [6.45, 7) is 2.94. The van der Waals surface area contributed by atoms with Gasteiger partial charge in [0.25, 0.3) is 0 Å². The average molecular weight is 299 g/mol. The number of pyridine rings is 1. The lowest BCUT2D eigenvalue weighted by Crippen LogP contribution is -2.36. The molecule has 4 rings (SSSR count). The van der Waals surface area contributed by atoms with Crippen molar-refractivity contribution in [3.63, 3.8) is 0 Å². The quantitative estimate of drug-likeness (QED) is 0.861. The largest absolute Gasteiger partial charge is 0.338 e. The highest BCUT2D eigenvalue weighted by Crippen LogP contribution is 2.29. The highest BCUT2D eigenvalue weighted by atomic mass is 16.5. The molecule has 0 spiro atoms. The van der Waals surface area contributed by atoms with Gasteiger partial charge in [-0.15, -0.1) is 0 Å². The van der Waals surface area contributed by atoms with Crippen molar-refractivity contribution in [2.75, 3.05) is 20.1 Å². The molecule has 4 heterocycles. The standard InChI is InChI=1S/C16H21N5O/c1-20-13-4-5-14(20)10-21(8-6-13)11-15-18-16(19-22-15)12-3-2-7-17-9-12/h2-3,7,9,13-14H,4-6,8,10-11H2,1H3/t13-,14+/m1/s1. The van der Waals surface area contributed by atoms with Crippen molar-refractivity contribution in [3.8, 4) is 11.4 Å². The molecule has 2 atom stereocenters. The first-order valence-corrected chi connectivity index (χ1v) is 7.97. The Hall–Kier alpha value is -1.79. The van der Waals surface area contributed by atoms with Crippen LogP contribution in [0.2, 0.25) is 0 Å². The number of rotatable bonds is 3. The van der Waals surface area contributed by atoms with Crippen molar-refractivity contribution in [1.82, 2.24) is 24.9 Å². The molecule has 0 aliphatic carbocycles. The summed E-state index contributed by atoms with van der Waals surface area (Å²) in [5.41, 5.74) is 0.896. The summed E-state index contributed by atoms with van der Waals surface area (Å²) in [4.78, 5) is 13.6. The maximum Gasteiger partial charge on any atom is 0.241 e. The van der Waals surface area contributed by atoms with E-state index in [1.165, 1.54) is 19.3 Å². The van der Waals surface area contributed by atoms with Crippen LogP contribution in [-0.2, 0) is 6.54 Å². The first-order valence-electron chi connectivity index (χ1n) is 7.97. The van der Waals surface area contributed by atoms with Crippen molar-refractivity contribution < 1.29 is 4.52 Å². The summed E-state index contributed by atoms with van der Waals surface area (Å²) < 4.78 is 5.43. The summed E-state index contributed by atoms with van der Waals surface area (Å²) in [5.74, 6) is 1.32. The molecule has 6 heteroatoms. The first kappa shape index (κ1) is 13.8. The Balaban J connectivity index is 1.45. The molecule has 6 nitrogen and oxygen atoms in total. The predicted molar refractivity (Wildman–Crippen MR) is 82.0 cm³/mol. The van der Waals surface area contributed by atoms with Gasteiger partial charge < -0.3 is 4.52 Å². The first-order chi connectivity index (χ1) is 10.8. The fourth-order valence-electron chi connectivity index (χ4n) is 3.65. The number of likely N-dealkylation sites (tertiary alicyclic amines) is 1. The van der Waals surface area contributed by atoms with Gasteiger partial charge in [-0.1, -0.05) is 5.16 Å². The van der Waals surface area contributed by atoms with Gasteiger partial charge in [0.1, 0.15) is 0 Å². The Labute approximate surface area is 130 Å². The van der Waals surface area contributed by atoms with Crippen LogP contribution in [0.1, 0.15) is 25.2 Å². The zero-order valence-electron chi connectivity index (χ0n) is 12.9. The van der Waals surface area contributed by atoms with Crippen LogP contribution in [0.15, 0.2) is 29.0 Å². The number of hydrogen-bond acceptors (Lipinski definition) is 6. The van der Waals surface area contributed by atoms with E-state index in [0.717, 1.165) is 31.2 Å². The van der Waals surface area contributed by atoms with Crippen molar-refractivity contribution in [2.45, 2.75) is 37.9 Å². The van der Waals surface area contributed by atoms with Crippen LogP contribution in [-0.4, -0.2) is 57.1 Å². The van der Waals surface area contributed by atoms with Crippen molar-refractivity contribution in [1.29, 1.82) is 0 Å². The minimum absolute atomic E-state index is 0.622. The van der Waals surface area contributed by atoms with Crippen molar-refractivity contribution >= 4 is 0 Å². The SMILES string of the molecule is CN1[C@@H]2CC[C@H]1CN(Cc1nc(-c3cccnc3)no1)CC2. The number of fused-ring (bicyclic) bond motifs is 2. The van der Waals surface area contributed by atoms with Gasteiger partial charge in [0.2, 0.25) is 11.7 Å². The highest BCUT2D eigenvalue weighted by Gasteiger charge is 2.34. The zero-order valence-corrected chi connectivity index (χ0v) is 12.9. The molecule has 2 aromatic rings. The average Bonchev–Trinajstić information content (AvgIpc) is 3.08. The lowest BCUT2D eigenvalue weighted by atomic mass is 10.1. The maximum atomic E-state index is 5.43. The fraction of sp³-hybridized carbons (Fsp3) is 0.562. The zero-order chi connectivity index (χ0) is 14.9. The van der Waals surface area contributed by atoms with Gasteiger partial charge >= 0.3 is 0 Å². The Bertz CT molecular complexity index is 628. The summed E-state index contributed by atoms with van der Waals surface area (Å²) in [6, 6.07) is 5.26. The molecule has 2 aromatic heterocycles. The maximum absolute atomic E-state index is 5.43. The predicted octanol–water partition coefficient (Wildman–Crippen LogP) is 1.80. The van der Waals surface area contributed by atoms with Gasteiger partial charge in [0.05, 0.1) is 6.54 Å². The second-order valence-electron chi connectivity index (χ2n) is 6.33. The second-order valence-corrected chi connectivity index (χ2v) is 6.33. The normalized spacial score (nSPS) is 26.2. The molecule has 2 aliphatic heterocycles. The van der Waals surface area contributed by atoms with Gasteiger partial charge in [-0.2, -0.15) is 4.98 Å². The molecule has 2 saturated heterocycles. The second kappa shape index (κ2) is 5.78. The van der Waals surface area contributed by atoms with Crippen LogP contribution in [0, 0.1) is 0 Å². The summed E-state index contributed by atoms with van der Waals surface area (Å²) >= 11 is 0. The topological polar surface area (TPSA) is 58.3 Å². The number of hydrogen-bond donors (Lipinski definition) is 0. The summed E-state index contributed by atoms with van der Waals surface area (Å²) in [5, 5.41) is 4.08. The Kier molecular flexibility index (Phi) is 3.63. The Morgan fingerprint density at radius 3 is 3.05 bits per heavy atom. The van der Waals surface area contributed by atoms with E-state index in [1.807, 2.05) is 12.1 Å². The molecule has 22 heavy (non-hydrogen) atoms. The monoisotopic (exact) mass is 299 g/mol. The minimum Gasteiger partial charge on any atom is -0.338 e. The molecule has 0 unspecified atom stereocenters. The van der Waals surface area contributed by atoms with Gasteiger partial charge in [-0.05, 0) is 38.4 Å². The van der Waals surface area contributed by atoms with E-state index < -0.39 is 0 Å². The third-order valence-corrected chi connectivity index (χ3v) is 4.98. The minimum atomic E-state index is 0.622. The molecular formula is C16H21N5O. The highest BCUT2D eigenvalue weighted by molar-refractivity contribution is 5.51. The number of likely N-dealkylation sites (N-methyl/N-ethyl adjacent to an activating group) is 1. The van der Waals surface area contributed by atoms with E-state index in [-0.39, 0.29) is 0 Å². The van der Waals surface area contributed by atoms with Crippen LogP contribution in [0.4, 0.5) is 0 Å². The number of aromatic nitrogens is 3. The third kappa shape index (κ3) is 2.64. The molecule has 0 N–H and O–H groups in total. The van der Waals surface area contributed by atoms with Gasteiger partial charge in [-0.25, -0.2) is 0 Å². The molecular weight excluding hydrogens is 278 g/mol. The van der Waals surface area contributed by atoms with Crippen LogP contribution in [0.3, 0.4) is 0 Å². The van der Waals surface area contributed by atoms with Gasteiger partial charge in [-0.3, -0.25) is 14.8 Å². The van der Waals surface area contributed by atoms with E-state index in [1.54, 1.807) is 12.4 Å². The molecule has 0 saturated carbocycles. The van der Waals surface area contributed by atoms with E-state index >= 15 is 0 Å². The van der Waals surface area contributed by atoms with Crippen LogP contribution < -0.4 is 0 Å². The molecule has 0 amide bonds. The molecule has 116 valence electrons. The van der Waals surface area contributed by atoms with E-state index in [4.69, 9.17) is 4.52 Å².